The summed E-state index contributed by atoms with van der Waals surface area (Å²) >= 11 is 0. The SMILES string of the molecule is CC(=O)Nc1cc(C(=O)N2CCCCCC2)cn(C)c1=O. The summed E-state index contributed by atoms with van der Waals surface area (Å²) in [6.07, 6.45) is 5.84. The first-order valence-electron chi connectivity index (χ1n) is 7.26. The monoisotopic (exact) mass is 291 g/mol. The predicted molar refractivity (Wildman–Crippen MR) is 80.4 cm³/mol. The Morgan fingerprint density at radius 2 is 1.76 bits per heavy atom. The minimum absolute atomic E-state index is 0.0842. The first-order valence-corrected chi connectivity index (χ1v) is 7.26. The number of carbonyl (C=O) groups excluding carboxylic acids is 2. The first kappa shape index (κ1) is 15.3. The van der Waals surface area contributed by atoms with E-state index in [9.17, 15) is 14.4 Å². The van der Waals surface area contributed by atoms with Crippen LogP contribution in [0.2, 0.25) is 0 Å². The molecule has 114 valence electrons. The van der Waals surface area contributed by atoms with Crippen molar-refractivity contribution in [2.45, 2.75) is 32.6 Å². The Kier molecular flexibility index (Phi) is 4.77. The number of aryl methyl sites for hydroxylation is 1. The second kappa shape index (κ2) is 6.56. The molecule has 1 fully saturated rings. The zero-order valence-electron chi connectivity index (χ0n) is 12.5. The smallest absolute Gasteiger partial charge is 0.274 e. The average Bonchev–Trinajstić information content (AvgIpc) is 2.71. The van der Waals surface area contributed by atoms with E-state index < -0.39 is 0 Å². The van der Waals surface area contributed by atoms with Crippen LogP contribution in [0.5, 0.6) is 0 Å². The third kappa shape index (κ3) is 3.71. The van der Waals surface area contributed by atoms with Crippen molar-refractivity contribution in [2.75, 3.05) is 18.4 Å². The maximum Gasteiger partial charge on any atom is 0.274 e. The topological polar surface area (TPSA) is 71.4 Å². The van der Waals surface area contributed by atoms with Crippen LogP contribution in [0.4, 0.5) is 5.69 Å². The fourth-order valence-electron chi connectivity index (χ4n) is 2.56. The van der Waals surface area contributed by atoms with E-state index >= 15 is 0 Å². The average molecular weight is 291 g/mol. The van der Waals surface area contributed by atoms with E-state index in [0.717, 1.165) is 38.8 Å². The largest absolute Gasteiger partial charge is 0.339 e. The molecule has 0 atom stereocenters. The van der Waals surface area contributed by atoms with E-state index in [1.807, 2.05) is 4.90 Å². The number of hydrogen-bond donors (Lipinski definition) is 1. The molecule has 0 aromatic carbocycles. The van der Waals surface area contributed by atoms with Gasteiger partial charge in [0.05, 0.1) is 5.56 Å². The molecule has 6 heteroatoms. The van der Waals surface area contributed by atoms with Crippen LogP contribution in [0.15, 0.2) is 17.1 Å². The molecule has 0 saturated carbocycles. The number of amides is 2. The number of nitrogens with zero attached hydrogens (tertiary/aromatic N) is 2. The van der Waals surface area contributed by atoms with Crippen molar-refractivity contribution >= 4 is 17.5 Å². The van der Waals surface area contributed by atoms with E-state index in [1.54, 1.807) is 7.05 Å². The van der Waals surface area contributed by atoms with Gasteiger partial charge >= 0.3 is 0 Å². The molecule has 2 amide bonds. The number of hydrogen-bond acceptors (Lipinski definition) is 3. The molecule has 0 bridgehead atoms. The van der Waals surface area contributed by atoms with Crippen LogP contribution in [0, 0.1) is 0 Å². The molecule has 0 radical (unpaired) electrons. The van der Waals surface area contributed by atoms with Gasteiger partial charge in [0.2, 0.25) is 5.91 Å². The van der Waals surface area contributed by atoms with E-state index in [4.69, 9.17) is 0 Å². The van der Waals surface area contributed by atoms with Crippen molar-refractivity contribution < 1.29 is 9.59 Å². The summed E-state index contributed by atoms with van der Waals surface area (Å²) in [5.41, 5.74) is 0.256. The lowest BCUT2D eigenvalue weighted by molar-refractivity contribution is -0.114. The number of carbonyl (C=O) groups is 2. The van der Waals surface area contributed by atoms with Gasteiger partial charge in [0.1, 0.15) is 5.69 Å². The molecule has 1 aliphatic heterocycles. The Bertz CT molecular complexity index is 599. The highest BCUT2D eigenvalue weighted by Gasteiger charge is 2.19. The molecule has 1 aromatic rings. The third-order valence-electron chi connectivity index (χ3n) is 3.63. The molecular weight excluding hydrogens is 270 g/mol. The van der Waals surface area contributed by atoms with Gasteiger partial charge in [-0.2, -0.15) is 0 Å². The number of anilines is 1. The summed E-state index contributed by atoms with van der Waals surface area (Å²) in [7, 11) is 1.58. The zero-order chi connectivity index (χ0) is 15.4. The number of nitrogens with one attached hydrogen (secondary N) is 1. The number of aromatic nitrogens is 1. The summed E-state index contributed by atoms with van der Waals surface area (Å²) < 4.78 is 1.33. The molecular formula is C15H21N3O3. The third-order valence-corrected chi connectivity index (χ3v) is 3.63. The van der Waals surface area contributed by atoms with Gasteiger partial charge in [-0.3, -0.25) is 14.4 Å². The molecule has 0 aliphatic carbocycles. The molecule has 21 heavy (non-hydrogen) atoms. The Labute approximate surface area is 123 Å². The standard InChI is InChI=1S/C15H21N3O3/c1-11(19)16-13-9-12(10-17(2)15(13)21)14(20)18-7-5-3-4-6-8-18/h9-10H,3-8H2,1-2H3,(H,16,19). The summed E-state index contributed by atoms with van der Waals surface area (Å²) in [5, 5.41) is 2.48. The molecule has 1 saturated heterocycles. The maximum atomic E-state index is 12.6. The van der Waals surface area contributed by atoms with E-state index in [1.165, 1.54) is 23.8 Å². The maximum absolute atomic E-state index is 12.6. The summed E-state index contributed by atoms with van der Waals surface area (Å²) in [6, 6.07) is 1.47. The number of pyridine rings is 1. The predicted octanol–water partition coefficient (Wildman–Crippen LogP) is 1.36. The van der Waals surface area contributed by atoms with Crippen LogP contribution in [0.1, 0.15) is 43.0 Å². The summed E-state index contributed by atoms with van der Waals surface area (Å²) in [4.78, 5) is 37.5. The number of likely N-dealkylation sites (tertiary alicyclic amines) is 1. The molecule has 2 heterocycles. The fraction of sp³-hybridized carbons (Fsp3) is 0.533. The quantitative estimate of drug-likeness (QED) is 0.894. The molecule has 2 rings (SSSR count). The lowest BCUT2D eigenvalue weighted by atomic mass is 10.2. The van der Waals surface area contributed by atoms with Gasteiger partial charge in [-0.1, -0.05) is 12.8 Å². The van der Waals surface area contributed by atoms with Crippen LogP contribution in [0.25, 0.3) is 0 Å². The van der Waals surface area contributed by atoms with Gasteiger partial charge in [0, 0.05) is 33.3 Å². The van der Waals surface area contributed by atoms with Gasteiger partial charge in [-0.15, -0.1) is 0 Å². The van der Waals surface area contributed by atoms with Crippen molar-refractivity contribution in [1.29, 1.82) is 0 Å². The normalized spacial score (nSPS) is 15.4. The van der Waals surface area contributed by atoms with Crippen molar-refractivity contribution in [2.24, 2.45) is 7.05 Å². The van der Waals surface area contributed by atoms with Crippen molar-refractivity contribution in [3.05, 3.63) is 28.2 Å². The van der Waals surface area contributed by atoms with E-state index in [0.29, 0.717) is 5.56 Å². The Morgan fingerprint density at radius 1 is 1.14 bits per heavy atom. The Hall–Kier alpha value is -2.11. The van der Waals surface area contributed by atoms with Crippen molar-refractivity contribution in [3.8, 4) is 0 Å². The van der Waals surface area contributed by atoms with Gasteiger partial charge in [0.25, 0.3) is 11.5 Å². The minimum atomic E-state index is -0.327. The van der Waals surface area contributed by atoms with Crippen LogP contribution in [-0.2, 0) is 11.8 Å². The lowest BCUT2D eigenvalue weighted by Gasteiger charge is -2.21. The molecule has 6 nitrogen and oxygen atoms in total. The fourth-order valence-corrected chi connectivity index (χ4v) is 2.56. The highest BCUT2D eigenvalue weighted by Crippen LogP contribution is 2.14. The van der Waals surface area contributed by atoms with Gasteiger partial charge < -0.3 is 14.8 Å². The van der Waals surface area contributed by atoms with Crippen LogP contribution >= 0.6 is 0 Å². The van der Waals surface area contributed by atoms with Gasteiger partial charge in [0.15, 0.2) is 0 Å². The van der Waals surface area contributed by atoms with Crippen molar-refractivity contribution in [1.82, 2.24) is 9.47 Å². The second-order valence-electron chi connectivity index (χ2n) is 5.45. The first-order chi connectivity index (χ1) is 9.99. The van der Waals surface area contributed by atoms with Gasteiger partial charge in [-0.25, -0.2) is 0 Å². The minimum Gasteiger partial charge on any atom is -0.339 e. The zero-order valence-corrected chi connectivity index (χ0v) is 12.5. The molecule has 1 aromatic heterocycles. The Morgan fingerprint density at radius 3 is 2.33 bits per heavy atom. The van der Waals surface area contributed by atoms with Crippen LogP contribution < -0.4 is 10.9 Å². The van der Waals surface area contributed by atoms with Crippen LogP contribution in [-0.4, -0.2) is 34.4 Å². The van der Waals surface area contributed by atoms with Crippen molar-refractivity contribution in [3.63, 3.8) is 0 Å². The molecule has 1 aliphatic rings. The second-order valence-corrected chi connectivity index (χ2v) is 5.45. The lowest BCUT2D eigenvalue weighted by Crippen LogP contribution is -2.33. The summed E-state index contributed by atoms with van der Waals surface area (Å²) in [5.74, 6) is -0.412. The molecule has 0 spiro atoms. The van der Waals surface area contributed by atoms with E-state index in [-0.39, 0.29) is 23.1 Å². The highest BCUT2D eigenvalue weighted by atomic mass is 16.2. The molecule has 1 N–H and O–H groups in total. The summed E-state index contributed by atoms with van der Waals surface area (Å²) in [6.45, 7) is 2.83. The van der Waals surface area contributed by atoms with Gasteiger partial charge in [-0.05, 0) is 18.9 Å². The number of rotatable bonds is 2. The molecule has 0 unspecified atom stereocenters. The van der Waals surface area contributed by atoms with E-state index in [2.05, 4.69) is 5.32 Å². The van der Waals surface area contributed by atoms with Crippen LogP contribution in [0.3, 0.4) is 0 Å². The highest BCUT2D eigenvalue weighted by molar-refractivity contribution is 5.96. The Balaban J connectivity index is 2.30.